The zero-order valence-electron chi connectivity index (χ0n) is 12.2. The lowest BCUT2D eigenvalue weighted by molar-refractivity contribution is -0.160. The van der Waals surface area contributed by atoms with Crippen LogP contribution in [0.25, 0.3) is 0 Å². The predicted octanol–water partition coefficient (Wildman–Crippen LogP) is 1.27. The summed E-state index contributed by atoms with van der Waals surface area (Å²) in [5.74, 6) is -0.117. The molecule has 1 N–H and O–H groups in total. The molecule has 2 saturated heterocycles. The number of aliphatic hydroxyl groups excluding tert-OH is 1. The van der Waals surface area contributed by atoms with Crippen LogP contribution in [0.2, 0.25) is 0 Å². The van der Waals surface area contributed by atoms with Crippen molar-refractivity contribution in [2.24, 2.45) is 11.3 Å². The zero-order chi connectivity index (χ0) is 14.3. The quantitative estimate of drug-likeness (QED) is 0.774. The molecule has 0 amide bonds. The Morgan fingerprint density at radius 3 is 2.50 bits per heavy atom. The lowest BCUT2D eigenvalue weighted by Crippen LogP contribution is -2.36. The highest BCUT2D eigenvalue weighted by molar-refractivity contribution is 5.72. The normalized spacial score (nSPS) is 40.5. The van der Waals surface area contributed by atoms with Gasteiger partial charge in [-0.25, -0.2) is 0 Å². The Morgan fingerprint density at radius 1 is 1.15 bits per heavy atom. The van der Waals surface area contributed by atoms with E-state index in [2.05, 4.69) is 13.8 Å². The fourth-order valence-electron chi connectivity index (χ4n) is 3.43. The van der Waals surface area contributed by atoms with Crippen molar-refractivity contribution < 1.29 is 24.1 Å². The van der Waals surface area contributed by atoms with Crippen molar-refractivity contribution in [1.82, 2.24) is 0 Å². The predicted molar refractivity (Wildman–Crippen MR) is 71.1 cm³/mol. The van der Waals surface area contributed by atoms with Crippen molar-refractivity contribution in [1.29, 1.82) is 0 Å². The van der Waals surface area contributed by atoms with E-state index in [1.807, 2.05) is 0 Å². The smallest absolute Gasteiger partial charge is 0.309 e. The number of esters is 1. The number of carbonyl (C=O) groups excluding carboxylic acids is 1. The van der Waals surface area contributed by atoms with E-state index < -0.39 is 6.10 Å². The number of ether oxygens (including phenoxy) is 3. The van der Waals surface area contributed by atoms with Crippen molar-refractivity contribution in [3.05, 3.63) is 0 Å². The second kappa shape index (κ2) is 5.28. The van der Waals surface area contributed by atoms with Crippen LogP contribution in [0, 0.1) is 11.3 Å². The standard InChI is InChI=1S/C15H24O5/c1-15(2)5-3-9(4-6-15)14(17)20-11-8-19-12-10(16)7-18-13(11)12/h9-13,16H,3-8H2,1-2H3/t10-,11?,12+,13+/m0/s1. The molecule has 0 aromatic carbocycles. The van der Waals surface area contributed by atoms with Crippen molar-refractivity contribution in [3.8, 4) is 0 Å². The first kappa shape index (κ1) is 14.3. The first-order chi connectivity index (χ1) is 9.46. The van der Waals surface area contributed by atoms with Gasteiger partial charge in [-0.3, -0.25) is 4.79 Å². The molecule has 5 heteroatoms. The summed E-state index contributed by atoms with van der Waals surface area (Å²) in [6.45, 7) is 5.09. The van der Waals surface area contributed by atoms with Gasteiger partial charge in [-0.05, 0) is 31.1 Å². The third-order valence-electron chi connectivity index (χ3n) is 4.92. The Kier molecular flexibility index (Phi) is 3.77. The molecule has 0 aromatic rings. The minimum absolute atomic E-state index is 0.00778. The molecule has 1 saturated carbocycles. The molecular formula is C15H24O5. The number of fused-ring (bicyclic) bond motifs is 1. The van der Waals surface area contributed by atoms with Crippen molar-refractivity contribution in [2.75, 3.05) is 13.2 Å². The van der Waals surface area contributed by atoms with E-state index in [-0.39, 0.29) is 36.8 Å². The average molecular weight is 284 g/mol. The molecule has 0 radical (unpaired) electrons. The molecule has 0 aromatic heterocycles. The second-order valence-corrected chi connectivity index (χ2v) is 7.08. The maximum Gasteiger partial charge on any atom is 0.309 e. The van der Waals surface area contributed by atoms with E-state index in [0.717, 1.165) is 25.7 Å². The second-order valence-electron chi connectivity index (χ2n) is 7.08. The van der Waals surface area contributed by atoms with Crippen LogP contribution in [-0.4, -0.2) is 48.7 Å². The summed E-state index contributed by atoms with van der Waals surface area (Å²) in [6, 6.07) is 0. The molecule has 2 aliphatic heterocycles. The monoisotopic (exact) mass is 284 g/mol. The molecule has 3 fully saturated rings. The van der Waals surface area contributed by atoms with Gasteiger partial charge < -0.3 is 19.3 Å². The molecule has 5 nitrogen and oxygen atoms in total. The Bertz CT molecular complexity index is 370. The van der Waals surface area contributed by atoms with Crippen LogP contribution in [0.3, 0.4) is 0 Å². The van der Waals surface area contributed by atoms with Crippen molar-refractivity contribution in [2.45, 2.75) is 63.9 Å². The first-order valence-electron chi connectivity index (χ1n) is 7.58. The number of hydrogen-bond donors (Lipinski definition) is 1. The highest BCUT2D eigenvalue weighted by atomic mass is 16.6. The van der Waals surface area contributed by atoms with Crippen LogP contribution in [0.5, 0.6) is 0 Å². The molecule has 1 aliphatic carbocycles. The SMILES string of the molecule is CC1(C)CCC(C(=O)OC2CO[C@H]3[C@@H]2OC[C@@H]3O)CC1. The maximum absolute atomic E-state index is 12.2. The molecule has 3 aliphatic rings. The molecule has 0 bridgehead atoms. The minimum atomic E-state index is -0.598. The first-order valence-corrected chi connectivity index (χ1v) is 7.58. The van der Waals surface area contributed by atoms with Crippen molar-refractivity contribution >= 4 is 5.97 Å². The average Bonchev–Trinajstić information content (AvgIpc) is 2.94. The molecule has 4 atom stereocenters. The van der Waals surface area contributed by atoms with Crippen LogP contribution in [0.4, 0.5) is 0 Å². The van der Waals surface area contributed by atoms with Crippen molar-refractivity contribution in [3.63, 3.8) is 0 Å². The van der Waals surface area contributed by atoms with Crippen LogP contribution in [-0.2, 0) is 19.0 Å². The number of hydrogen-bond acceptors (Lipinski definition) is 5. The zero-order valence-corrected chi connectivity index (χ0v) is 12.2. The molecular weight excluding hydrogens is 260 g/mol. The van der Waals surface area contributed by atoms with E-state index in [0.29, 0.717) is 12.0 Å². The van der Waals surface area contributed by atoms with E-state index in [9.17, 15) is 9.90 Å². The van der Waals surface area contributed by atoms with E-state index in [4.69, 9.17) is 14.2 Å². The number of aliphatic hydroxyl groups is 1. The fraction of sp³-hybridized carbons (Fsp3) is 0.933. The Labute approximate surface area is 119 Å². The summed E-state index contributed by atoms with van der Waals surface area (Å²) in [5.41, 5.74) is 0.344. The summed E-state index contributed by atoms with van der Waals surface area (Å²) < 4.78 is 16.5. The van der Waals surface area contributed by atoms with Gasteiger partial charge in [-0.2, -0.15) is 0 Å². The van der Waals surface area contributed by atoms with E-state index in [1.165, 1.54) is 0 Å². The van der Waals surface area contributed by atoms with Gasteiger partial charge in [0.15, 0.2) is 6.10 Å². The van der Waals surface area contributed by atoms with Gasteiger partial charge in [0.2, 0.25) is 0 Å². The molecule has 0 spiro atoms. The van der Waals surface area contributed by atoms with Gasteiger partial charge in [-0.15, -0.1) is 0 Å². The molecule has 1 unspecified atom stereocenters. The van der Waals surface area contributed by atoms with Crippen LogP contribution >= 0.6 is 0 Å². The molecule has 20 heavy (non-hydrogen) atoms. The minimum Gasteiger partial charge on any atom is -0.457 e. The fourth-order valence-corrected chi connectivity index (χ4v) is 3.43. The Morgan fingerprint density at radius 2 is 1.80 bits per heavy atom. The van der Waals surface area contributed by atoms with Gasteiger partial charge in [-0.1, -0.05) is 13.8 Å². The molecule has 2 heterocycles. The van der Waals surface area contributed by atoms with Crippen LogP contribution in [0.1, 0.15) is 39.5 Å². The van der Waals surface area contributed by atoms with Crippen LogP contribution in [0.15, 0.2) is 0 Å². The highest BCUT2D eigenvalue weighted by Crippen LogP contribution is 2.39. The summed E-state index contributed by atoms with van der Waals surface area (Å²) in [5, 5.41) is 9.67. The van der Waals surface area contributed by atoms with Crippen LogP contribution < -0.4 is 0 Å². The lowest BCUT2D eigenvalue weighted by atomic mass is 9.73. The van der Waals surface area contributed by atoms with E-state index in [1.54, 1.807) is 0 Å². The topological polar surface area (TPSA) is 65.0 Å². The van der Waals surface area contributed by atoms with Gasteiger partial charge in [0.1, 0.15) is 18.3 Å². The van der Waals surface area contributed by atoms with Gasteiger partial charge in [0.05, 0.1) is 19.1 Å². The summed E-state index contributed by atoms with van der Waals surface area (Å²) in [6.07, 6.45) is 2.34. The van der Waals surface area contributed by atoms with Gasteiger partial charge in [0.25, 0.3) is 0 Å². The largest absolute Gasteiger partial charge is 0.457 e. The Balaban J connectivity index is 1.52. The summed E-state index contributed by atoms with van der Waals surface area (Å²) in [4.78, 5) is 12.2. The molecule has 114 valence electrons. The maximum atomic E-state index is 12.2. The summed E-state index contributed by atoms with van der Waals surface area (Å²) in [7, 11) is 0. The third-order valence-corrected chi connectivity index (χ3v) is 4.92. The van der Waals surface area contributed by atoms with E-state index >= 15 is 0 Å². The van der Waals surface area contributed by atoms with Gasteiger partial charge in [0, 0.05) is 0 Å². The number of carbonyl (C=O) groups is 1. The Hall–Kier alpha value is -0.650. The summed E-state index contributed by atoms with van der Waals surface area (Å²) >= 11 is 0. The highest BCUT2D eigenvalue weighted by Gasteiger charge is 2.49. The number of rotatable bonds is 2. The lowest BCUT2D eigenvalue weighted by Gasteiger charge is -2.33. The van der Waals surface area contributed by atoms with Gasteiger partial charge >= 0.3 is 5.97 Å². The molecule has 3 rings (SSSR count). The third kappa shape index (κ3) is 2.71.